The van der Waals surface area contributed by atoms with Crippen LogP contribution in [0.15, 0.2) is 24.3 Å². The van der Waals surface area contributed by atoms with Crippen LogP contribution in [0.5, 0.6) is 5.75 Å². The van der Waals surface area contributed by atoms with Gasteiger partial charge in [-0.15, -0.1) is 0 Å². The molecule has 3 nitrogen and oxygen atoms in total. The highest BCUT2D eigenvalue weighted by Gasteiger charge is 2.12. The molecule has 0 aromatic heterocycles. The second kappa shape index (κ2) is 9.80. The average molecular weight is 292 g/mol. The van der Waals surface area contributed by atoms with Gasteiger partial charge in [-0.1, -0.05) is 26.0 Å². The van der Waals surface area contributed by atoms with E-state index in [0.717, 1.165) is 43.6 Å². The molecule has 0 saturated carbocycles. The predicted molar refractivity (Wildman–Crippen MR) is 90.6 cm³/mol. The number of rotatable bonds is 10. The first-order valence-electron chi connectivity index (χ1n) is 8.08. The second-order valence-corrected chi connectivity index (χ2v) is 6.31. The molecule has 1 unspecified atom stereocenters. The summed E-state index contributed by atoms with van der Waals surface area (Å²) in [4.78, 5) is 2.39. The molecule has 0 heterocycles. The van der Waals surface area contributed by atoms with E-state index in [2.05, 4.69) is 37.9 Å². The van der Waals surface area contributed by atoms with Crippen molar-refractivity contribution < 1.29 is 4.74 Å². The van der Waals surface area contributed by atoms with Gasteiger partial charge < -0.3 is 15.4 Å². The van der Waals surface area contributed by atoms with Gasteiger partial charge in [0.05, 0.1) is 7.11 Å². The van der Waals surface area contributed by atoms with Gasteiger partial charge in [-0.3, -0.25) is 0 Å². The van der Waals surface area contributed by atoms with Gasteiger partial charge in [0.15, 0.2) is 0 Å². The van der Waals surface area contributed by atoms with Crippen molar-refractivity contribution in [3.8, 4) is 5.75 Å². The zero-order chi connectivity index (χ0) is 15.7. The molecular weight excluding hydrogens is 260 g/mol. The Kier molecular flexibility index (Phi) is 8.40. The number of nitrogens with two attached hydrogens (primary N) is 1. The Labute approximate surface area is 130 Å². The largest absolute Gasteiger partial charge is 0.497 e. The summed E-state index contributed by atoms with van der Waals surface area (Å²) in [7, 11) is 3.89. The lowest BCUT2D eigenvalue weighted by molar-refractivity contribution is 0.278. The topological polar surface area (TPSA) is 38.5 Å². The third-order valence-electron chi connectivity index (χ3n) is 4.21. The van der Waals surface area contributed by atoms with E-state index >= 15 is 0 Å². The van der Waals surface area contributed by atoms with Crippen molar-refractivity contribution in [3.63, 3.8) is 0 Å². The Morgan fingerprint density at radius 2 is 1.81 bits per heavy atom. The van der Waals surface area contributed by atoms with E-state index in [0.29, 0.717) is 0 Å². The van der Waals surface area contributed by atoms with Crippen molar-refractivity contribution >= 4 is 0 Å². The van der Waals surface area contributed by atoms with E-state index in [9.17, 15) is 0 Å². The summed E-state index contributed by atoms with van der Waals surface area (Å²) >= 11 is 0. The van der Waals surface area contributed by atoms with Crippen LogP contribution in [0, 0.1) is 11.8 Å². The Balaban J connectivity index is 2.31. The monoisotopic (exact) mass is 292 g/mol. The van der Waals surface area contributed by atoms with Crippen LogP contribution in [0.3, 0.4) is 0 Å². The van der Waals surface area contributed by atoms with Crippen LogP contribution in [0.25, 0.3) is 0 Å². The third-order valence-corrected chi connectivity index (χ3v) is 4.21. The highest BCUT2D eigenvalue weighted by atomic mass is 16.5. The number of methoxy groups -OCH3 is 1. The van der Waals surface area contributed by atoms with E-state index < -0.39 is 0 Å². The summed E-state index contributed by atoms with van der Waals surface area (Å²) in [5.41, 5.74) is 7.04. The highest BCUT2D eigenvalue weighted by molar-refractivity contribution is 5.26. The molecule has 0 spiro atoms. The molecule has 0 saturated heterocycles. The minimum Gasteiger partial charge on any atom is -0.497 e. The fraction of sp³-hybridized carbons (Fsp3) is 0.667. The van der Waals surface area contributed by atoms with Gasteiger partial charge >= 0.3 is 0 Å². The Bertz CT molecular complexity index is 375. The molecule has 0 bridgehead atoms. The number of ether oxygens (including phenoxy) is 1. The van der Waals surface area contributed by atoms with Crippen molar-refractivity contribution in [2.75, 3.05) is 27.2 Å². The Morgan fingerprint density at radius 1 is 1.14 bits per heavy atom. The summed E-state index contributed by atoms with van der Waals surface area (Å²) in [6.07, 6.45) is 3.68. The maximum absolute atomic E-state index is 5.70. The van der Waals surface area contributed by atoms with Gasteiger partial charge in [-0.2, -0.15) is 0 Å². The highest BCUT2D eigenvalue weighted by Crippen LogP contribution is 2.20. The van der Waals surface area contributed by atoms with Gasteiger partial charge in [-0.25, -0.2) is 0 Å². The number of hydrogen-bond donors (Lipinski definition) is 1. The van der Waals surface area contributed by atoms with Crippen LogP contribution >= 0.6 is 0 Å². The van der Waals surface area contributed by atoms with E-state index in [1.807, 2.05) is 12.1 Å². The molecule has 0 amide bonds. The lowest BCUT2D eigenvalue weighted by Crippen LogP contribution is -2.21. The smallest absolute Gasteiger partial charge is 0.118 e. The lowest BCUT2D eigenvalue weighted by atomic mass is 9.88. The van der Waals surface area contributed by atoms with Gasteiger partial charge in [-0.05, 0) is 68.9 Å². The number of hydrogen-bond acceptors (Lipinski definition) is 3. The van der Waals surface area contributed by atoms with E-state index in [4.69, 9.17) is 10.5 Å². The molecule has 0 aliphatic carbocycles. The van der Waals surface area contributed by atoms with E-state index in [1.54, 1.807) is 7.11 Å². The third kappa shape index (κ3) is 6.96. The van der Waals surface area contributed by atoms with Crippen molar-refractivity contribution in [2.24, 2.45) is 17.6 Å². The molecule has 1 aromatic carbocycles. The van der Waals surface area contributed by atoms with Gasteiger partial charge in [0.2, 0.25) is 0 Å². The summed E-state index contributed by atoms with van der Waals surface area (Å²) < 4.78 is 5.19. The molecule has 1 rings (SSSR count). The van der Waals surface area contributed by atoms with Crippen LogP contribution in [-0.2, 0) is 6.54 Å². The molecule has 0 aliphatic rings. The Hall–Kier alpha value is -1.06. The van der Waals surface area contributed by atoms with Crippen LogP contribution in [-0.4, -0.2) is 32.1 Å². The summed E-state index contributed by atoms with van der Waals surface area (Å²) in [6, 6.07) is 8.33. The number of nitrogens with zero attached hydrogens (tertiary/aromatic N) is 1. The minimum atomic E-state index is 0.737. The van der Waals surface area contributed by atoms with Crippen molar-refractivity contribution in [1.29, 1.82) is 0 Å². The van der Waals surface area contributed by atoms with Crippen molar-refractivity contribution in [2.45, 2.75) is 39.7 Å². The van der Waals surface area contributed by atoms with Gasteiger partial charge in [0.1, 0.15) is 5.75 Å². The van der Waals surface area contributed by atoms with Crippen LogP contribution in [0.1, 0.15) is 38.7 Å². The van der Waals surface area contributed by atoms with E-state index in [-0.39, 0.29) is 0 Å². The average Bonchev–Trinajstić information content (AvgIpc) is 2.47. The SMILES string of the molecule is COc1ccc(CN(C)CCCC(CCN)C(C)C)cc1. The lowest BCUT2D eigenvalue weighted by Gasteiger charge is -2.22. The summed E-state index contributed by atoms with van der Waals surface area (Å²) in [5.74, 6) is 2.42. The molecule has 0 fully saturated rings. The van der Waals surface area contributed by atoms with Crippen LogP contribution < -0.4 is 10.5 Å². The fourth-order valence-electron chi connectivity index (χ4n) is 2.77. The van der Waals surface area contributed by atoms with Gasteiger partial charge in [0.25, 0.3) is 0 Å². The minimum absolute atomic E-state index is 0.737. The quantitative estimate of drug-likeness (QED) is 0.717. The molecule has 0 aliphatic heterocycles. The van der Waals surface area contributed by atoms with Crippen molar-refractivity contribution in [3.05, 3.63) is 29.8 Å². The zero-order valence-corrected chi connectivity index (χ0v) is 14.1. The van der Waals surface area contributed by atoms with Crippen LogP contribution in [0.2, 0.25) is 0 Å². The first kappa shape index (κ1) is 18.0. The van der Waals surface area contributed by atoms with E-state index in [1.165, 1.54) is 18.4 Å². The molecule has 2 N–H and O–H groups in total. The molecule has 1 aromatic rings. The fourth-order valence-corrected chi connectivity index (χ4v) is 2.77. The normalized spacial score (nSPS) is 12.9. The standard InChI is InChI=1S/C18H32N2O/c1-15(2)17(11-12-19)6-5-13-20(3)14-16-7-9-18(21-4)10-8-16/h7-10,15,17H,5-6,11-14,19H2,1-4H3. The second-order valence-electron chi connectivity index (χ2n) is 6.31. The molecule has 0 radical (unpaired) electrons. The molecule has 120 valence electrons. The number of benzene rings is 1. The Morgan fingerprint density at radius 3 is 2.33 bits per heavy atom. The summed E-state index contributed by atoms with van der Waals surface area (Å²) in [5, 5.41) is 0. The molecule has 21 heavy (non-hydrogen) atoms. The molecule has 1 atom stereocenters. The first-order chi connectivity index (χ1) is 10.1. The zero-order valence-electron chi connectivity index (χ0n) is 14.1. The maximum atomic E-state index is 5.70. The maximum Gasteiger partial charge on any atom is 0.118 e. The molecular formula is C18H32N2O. The van der Waals surface area contributed by atoms with Crippen molar-refractivity contribution in [1.82, 2.24) is 4.90 Å². The van der Waals surface area contributed by atoms with Gasteiger partial charge in [0, 0.05) is 6.54 Å². The first-order valence-corrected chi connectivity index (χ1v) is 8.08. The van der Waals surface area contributed by atoms with Crippen LogP contribution in [0.4, 0.5) is 0 Å². The summed E-state index contributed by atoms with van der Waals surface area (Å²) in [6.45, 7) is 7.56. The predicted octanol–water partition coefficient (Wildman–Crippen LogP) is 3.53. The molecule has 3 heteroatoms.